The first-order valence-electron chi connectivity index (χ1n) is 10.8. The Kier molecular flexibility index (Phi) is 7.11. The number of ether oxygens (including phenoxy) is 2. The minimum atomic E-state index is -0.309. The summed E-state index contributed by atoms with van der Waals surface area (Å²) in [5.41, 5.74) is 6.06. The van der Waals surface area contributed by atoms with Gasteiger partial charge in [0.25, 0.3) is 0 Å². The van der Waals surface area contributed by atoms with E-state index in [2.05, 4.69) is 32.0 Å². The van der Waals surface area contributed by atoms with E-state index in [1.807, 2.05) is 31.2 Å². The smallest absolute Gasteiger partial charge is 0.338 e. The molecule has 0 spiro atoms. The van der Waals surface area contributed by atoms with Crippen molar-refractivity contribution in [2.75, 3.05) is 13.2 Å². The standard InChI is InChI=1S/C27H30O4/c1-5-30-25(28)18-22-15-16-27(3,4)24-14-11-20(17-23(22)24)8-7-19-9-12-21(13-10-19)26(29)31-6-2/h7-14,17-18H,5-6,15-16H2,1-4H3/b8-7+,22-18+. The summed E-state index contributed by atoms with van der Waals surface area (Å²) in [4.78, 5) is 23.8. The van der Waals surface area contributed by atoms with Gasteiger partial charge in [-0.15, -0.1) is 0 Å². The van der Waals surface area contributed by atoms with Gasteiger partial charge in [0.05, 0.1) is 18.8 Å². The summed E-state index contributed by atoms with van der Waals surface area (Å²) in [6.45, 7) is 8.83. The zero-order chi connectivity index (χ0) is 22.4. The van der Waals surface area contributed by atoms with E-state index >= 15 is 0 Å². The zero-order valence-electron chi connectivity index (χ0n) is 18.7. The SMILES string of the molecule is CCOC(=O)/C=C1\CCC(C)(C)c2ccc(/C=C/c3ccc(C(=O)OCC)cc3)cc21. The maximum Gasteiger partial charge on any atom is 0.338 e. The van der Waals surface area contributed by atoms with Crippen LogP contribution >= 0.6 is 0 Å². The summed E-state index contributed by atoms with van der Waals surface area (Å²) in [5, 5.41) is 0. The van der Waals surface area contributed by atoms with Crippen molar-refractivity contribution in [1.29, 1.82) is 0 Å². The van der Waals surface area contributed by atoms with E-state index in [1.54, 1.807) is 25.1 Å². The van der Waals surface area contributed by atoms with E-state index in [-0.39, 0.29) is 17.4 Å². The van der Waals surface area contributed by atoms with Crippen LogP contribution in [0.5, 0.6) is 0 Å². The summed E-state index contributed by atoms with van der Waals surface area (Å²) in [6.07, 6.45) is 7.54. The van der Waals surface area contributed by atoms with Gasteiger partial charge in [-0.1, -0.05) is 50.3 Å². The van der Waals surface area contributed by atoms with Crippen molar-refractivity contribution < 1.29 is 19.1 Å². The molecule has 2 aromatic carbocycles. The van der Waals surface area contributed by atoms with Crippen LogP contribution in [0.4, 0.5) is 0 Å². The first-order valence-corrected chi connectivity index (χ1v) is 10.8. The van der Waals surface area contributed by atoms with Crippen molar-refractivity contribution in [2.24, 2.45) is 0 Å². The molecule has 0 atom stereocenters. The van der Waals surface area contributed by atoms with Crippen molar-refractivity contribution in [3.8, 4) is 0 Å². The lowest BCUT2D eigenvalue weighted by Crippen LogP contribution is -2.23. The van der Waals surface area contributed by atoms with Gasteiger partial charge in [0.15, 0.2) is 0 Å². The van der Waals surface area contributed by atoms with Gasteiger partial charge in [-0.25, -0.2) is 9.59 Å². The summed E-state index contributed by atoms with van der Waals surface area (Å²) < 4.78 is 10.2. The average Bonchev–Trinajstić information content (AvgIpc) is 2.75. The van der Waals surface area contributed by atoms with E-state index in [0.717, 1.165) is 35.1 Å². The van der Waals surface area contributed by atoms with Gasteiger partial charge in [-0.3, -0.25) is 0 Å². The lowest BCUT2D eigenvalue weighted by atomic mass is 9.70. The fourth-order valence-electron chi connectivity index (χ4n) is 3.85. The Morgan fingerprint density at radius 3 is 2.26 bits per heavy atom. The maximum atomic E-state index is 12.0. The molecule has 2 aromatic rings. The van der Waals surface area contributed by atoms with Crippen LogP contribution < -0.4 is 0 Å². The third kappa shape index (κ3) is 5.52. The maximum absolute atomic E-state index is 12.0. The molecule has 0 fully saturated rings. The monoisotopic (exact) mass is 418 g/mol. The number of esters is 2. The predicted molar refractivity (Wildman–Crippen MR) is 125 cm³/mol. The highest BCUT2D eigenvalue weighted by Crippen LogP contribution is 2.42. The number of fused-ring (bicyclic) bond motifs is 1. The Labute approximate surface area is 184 Å². The number of allylic oxidation sites excluding steroid dienone is 1. The molecule has 0 saturated heterocycles. The van der Waals surface area contributed by atoms with E-state index < -0.39 is 0 Å². The molecule has 0 radical (unpaired) electrons. The average molecular weight is 419 g/mol. The number of carbonyl (C=O) groups is 2. The van der Waals surface area contributed by atoms with Gasteiger partial charge < -0.3 is 9.47 Å². The Bertz CT molecular complexity index is 1010. The highest BCUT2D eigenvalue weighted by Gasteiger charge is 2.30. The second kappa shape index (κ2) is 9.78. The van der Waals surface area contributed by atoms with Crippen LogP contribution in [-0.4, -0.2) is 25.2 Å². The van der Waals surface area contributed by atoms with Crippen molar-refractivity contribution in [1.82, 2.24) is 0 Å². The van der Waals surface area contributed by atoms with Crippen LogP contribution in [0.15, 0.2) is 48.5 Å². The molecular weight excluding hydrogens is 388 g/mol. The van der Waals surface area contributed by atoms with Crippen LogP contribution in [0, 0.1) is 0 Å². The minimum absolute atomic E-state index is 0.0620. The number of carbonyl (C=O) groups excluding carboxylic acids is 2. The summed E-state index contributed by atoms with van der Waals surface area (Å²) in [7, 11) is 0. The quantitative estimate of drug-likeness (QED) is 0.325. The molecule has 0 bridgehead atoms. The largest absolute Gasteiger partial charge is 0.463 e. The van der Waals surface area contributed by atoms with Crippen LogP contribution in [0.3, 0.4) is 0 Å². The molecule has 0 unspecified atom stereocenters. The zero-order valence-corrected chi connectivity index (χ0v) is 18.7. The van der Waals surface area contributed by atoms with Crippen LogP contribution in [-0.2, 0) is 19.7 Å². The minimum Gasteiger partial charge on any atom is -0.463 e. The topological polar surface area (TPSA) is 52.6 Å². The first kappa shape index (κ1) is 22.5. The molecule has 1 aliphatic carbocycles. The molecule has 0 aliphatic heterocycles. The van der Waals surface area contributed by atoms with Gasteiger partial charge >= 0.3 is 11.9 Å². The van der Waals surface area contributed by atoms with Crippen molar-refractivity contribution >= 4 is 29.7 Å². The van der Waals surface area contributed by atoms with E-state index in [4.69, 9.17) is 9.47 Å². The summed E-state index contributed by atoms with van der Waals surface area (Å²) >= 11 is 0. The van der Waals surface area contributed by atoms with Crippen LogP contribution in [0.2, 0.25) is 0 Å². The molecule has 0 N–H and O–H groups in total. The highest BCUT2D eigenvalue weighted by molar-refractivity contribution is 5.93. The second-order valence-corrected chi connectivity index (χ2v) is 8.29. The van der Waals surface area contributed by atoms with Crippen LogP contribution in [0.25, 0.3) is 17.7 Å². The van der Waals surface area contributed by atoms with E-state index in [1.165, 1.54) is 5.56 Å². The van der Waals surface area contributed by atoms with E-state index in [0.29, 0.717) is 18.8 Å². The Balaban J connectivity index is 1.87. The van der Waals surface area contributed by atoms with Crippen molar-refractivity contribution in [2.45, 2.75) is 46.0 Å². The van der Waals surface area contributed by atoms with Gasteiger partial charge in [0, 0.05) is 6.08 Å². The Morgan fingerprint density at radius 2 is 1.58 bits per heavy atom. The molecule has 0 amide bonds. The van der Waals surface area contributed by atoms with Gasteiger partial charge in [-0.2, -0.15) is 0 Å². The number of hydrogen-bond donors (Lipinski definition) is 0. The molecule has 0 saturated carbocycles. The molecule has 4 nitrogen and oxygen atoms in total. The second-order valence-electron chi connectivity index (χ2n) is 8.29. The Hall–Kier alpha value is -3.14. The van der Waals surface area contributed by atoms with Gasteiger partial charge in [-0.05, 0) is 78.1 Å². The lowest BCUT2D eigenvalue weighted by molar-refractivity contribution is -0.137. The fourth-order valence-corrected chi connectivity index (χ4v) is 3.85. The first-order chi connectivity index (χ1) is 14.8. The van der Waals surface area contributed by atoms with Crippen molar-refractivity contribution in [3.05, 3.63) is 76.4 Å². The van der Waals surface area contributed by atoms with Gasteiger partial charge in [0.1, 0.15) is 0 Å². The Morgan fingerprint density at radius 1 is 0.935 bits per heavy atom. The highest BCUT2D eigenvalue weighted by atomic mass is 16.5. The molecule has 0 heterocycles. The molecule has 4 heteroatoms. The molecule has 0 aromatic heterocycles. The molecule has 1 aliphatic rings. The summed E-state index contributed by atoms with van der Waals surface area (Å²) in [5.74, 6) is -0.595. The normalized spacial score (nSPS) is 16.2. The predicted octanol–water partition coefficient (Wildman–Crippen LogP) is 6.05. The third-order valence-electron chi connectivity index (χ3n) is 5.61. The molecule has 3 rings (SSSR count). The van der Waals surface area contributed by atoms with Crippen LogP contribution in [0.1, 0.15) is 73.1 Å². The summed E-state index contributed by atoms with van der Waals surface area (Å²) in [6, 6.07) is 13.8. The third-order valence-corrected chi connectivity index (χ3v) is 5.61. The molecular formula is C27H30O4. The molecule has 162 valence electrons. The van der Waals surface area contributed by atoms with Crippen molar-refractivity contribution in [3.63, 3.8) is 0 Å². The number of benzene rings is 2. The molecule has 31 heavy (non-hydrogen) atoms. The fraction of sp³-hybridized carbons (Fsp3) is 0.333. The lowest BCUT2D eigenvalue weighted by Gasteiger charge is -2.34. The number of rotatable bonds is 6. The number of hydrogen-bond acceptors (Lipinski definition) is 4. The van der Waals surface area contributed by atoms with E-state index in [9.17, 15) is 9.59 Å². The van der Waals surface area contributed by atoms with Gasteiger partial charge in [0.2, 0.25) is 0 Å².